The summed E-state index contributed by atoms with van der Waals surface area (Å²) < 4.78 is 33.2. The molecule has 0 N–H and O–H groups in total. The average Bonchev–Trinajstić information content (AvgIpc) is 2.38. The van der Waals surface area contributed by atoms with Gasteiger partial charge in [-0.05, 0) is 12.1 Å². The van der Waals surface area contributed by atoms with Crippen molar-refractivity contribution in [2.24, 2.45) is 0 Å². The number of benzene rings is 2. The molecule has 18 heavy (non-hydrogen) atoms. The van der Waals surface area contributed by atoms with Crippen molar-refractivity contribution in [3.8, 4) is 0 Å². The third-order valence-electron chi connectivity index (χ3n) is 2.44. The normalized spacial score (nSPS) is 11.2. The first-order chi connectivity index (χ1) is 8.50. The van der Waals surface area contributed by atoms with Gasteiger partial charge in [0.1, 0.15) is 10.1 Å². The smallest absolute Gasteiger partial charge is 0.194 e. The maximum Gasteiger partial charge on any atom is 0.194 e. The van der Waals surface area contributed by atoms with Crippen molar-refractivity contribution in [1.82, 2.24) is 0 Å². The first kappa shape index (κ1) is 12.5. The van der Waals surface area contributed by atoms with E-state index in [2.05, 4.69) is 0 Å². The Morgan fingerprint density at radius 3 is 2.06 bits per heavy atom. The molecule has 2 aromatic carbocycles. The minimum atomic E-state index is -4.66. The second-order valence-electron chi connectivity index (χ2n) is 3.65. The van der Waals surface area contributed by atoms with Gasteiger partial charge in [0.15, 0.2) is 5.78 Å². The highest BCUT2D eigenvalue weighted by Crippen LogP contribution is 2.18. The molecule has 92 valence electrons. The molecule has 0 saturated carbocycles. The van der Waals surface area contributed by atoms with Crippen LogP contribution in [0.25, 0.3) is 0 Å². The Morgan fingerprint density at radius 2 is 1.44 bits per heavy atom. The molecule has 0 atom stereocenters. The van der Waals surface area contributed by atoms with Gasteiger partial charge in [-0.1, -0.05) is 42.5 Å². The SMILES string of the molecule is O=C(c1ccccc1)c1ccccc1S(=O)(=O)[O-]. The Kier molecular flexibility index (Phi) is 3.27. The van der Waals surface area contributed by atoms with Crippen molar-refractivity contribution < 1.29 is 17.8 Å². The predicted octanol–water partition coefficient (Wildman–Crippen LogP) is 1.82. The van der Waals surface area contributed by atoms with E-state index in [9.17, 15) is 17.8 Å². The molecule has 0 heterocycles. The molecule has 0 aliphatic rings. The molecule has 0 unspecified atom stereocenters. The molecule has 0 spiro atoms. The second-order valence-corrected chi connectivity index (χ2v) is 4.99. The van der Waals surface area contributed by atoms with Gasteiger partial charge >= 0.3 is 0 Å². The van der Waals surface area contributed by atoms with Gasteiger partial charge < -0.3 is 4.55 Å². The number of hydrogen-bond donors (Lipinski definition) is 0. The summed E-state index contributed by atoms with van der Waals surface area (Å²) in [6.07, 6.45) is 0. The van der Waals surface area contributed by atoms with Crippen LogP contribution in [0, 0.1) is 0 Å². The Hall–Kier alpha value is -1.98. The lowest BCUT2D eigenvalue weighted by atomic mass is 10.0. The molecule has 0 radical (unpaired) electrons. The third-order valence-corrected chi connectivity index (χ3v) is 3.33. The maximum atomic E-state index is 12.1. The van der Waals surface area contributed by atoms with Crippen LogP contribution in [0.1, 0.15) is 15.9 Å². The molecule has 0 saturated heterocycles. The minimum Gasteiger partial charge on any atom is -0.744 e. The van der Waals surface area contributed by atoms with Crippen molar-refractivity contribution in [2.75, 3.05) is 0 Å². The number of hydrogen-bond acceptors (Lipinski definition) is 4. The van der Waals surface area contributed by atoms with Crippen molar-refractivity contribution >= 4 is 15.9 Å². The van der Waals surface area contributed by atoms with Gasteiger partial charge in [-0.25, -0.2) is 8.42 Å². The summed E-state index contributed by atoms with van der Waals surface area (Å²) in [5, 5.41) is 0. The van der Waals surface area contributed by atoms with Crippen molar-refractivity contribution in [3.05, 3.63) is 65.7 Å². The molecular formula is C13H9O4S-. The molecular weight excluding hydrogens is 252 g/mol. The van der Waals surface area contributed by atoms with Gasteiger partial charge in [0, 0.05) is 11.1 Å². The zero-order valence-corrected chi connectivity index (χ0v) is 10.1. The monoisotopic (exact) mass is 261 g/mol. The van der Waals surface area contributed by atoms with E-state index in [1.54, 1.807) is 30.3 Å². The van der Waals surface area contributed by atoms with Crippen LogP contribution >= 0.6 is 0 Å². The van der Waals surface area contributed by atoms with Crippen LogP contribution < -0.4 is 0 Å². The average molecular weight is 261 g/mol. The second kappa shape index (κ2) is 4.72. The fourth-order valence-electron chi connectivity index (χ4n) is 1.62. The molecule has 5 heteroatoms. The van der Waals surface area contributed by atoms with Crippen LogP contribution in [0.15, 0.2) is 59.5 Å². The molecule has 4 nitrogen and oxygen atoms in total. The van der Waals surface area contributed by atoms with E-state index in [1.165, 1.54) is 18.2 Å². The van der Waals surface area contributed by atoms with Gasteiger partial charge in [0.25, 0.3) is 0 Å². The summed E-state index contributed by atoms with van der Waals surface area (Å²) in [6.45, 7) is 0. The molecule has 0 aliphatic carbocycles. The highest BCUT2D eigenvalue weighted by Gasteiger charge is 2.16. The van der Waals surface area contributed by atoms with Crippen LogP contribution in [0.4, 0.5) is 0 Å². The van der Waals surface area contributed by atoms with Gasteiger partial charge in [-0.3, -0.25) is 4.79 Å². The zero-order chi connectivity index (χ0) is 13.2. The first-order valence-corrected chi connectivity index (χ1v) is 6.55. The summed E-state index contributed by atoms with van der Waals surface area (Å²) in [5.41, 5.74) is 0.243. The first-order valence-electron chi connectivity index (χ1n) is 5.15. The Morgan fingerprint density at radius 1 is 0.889 bits per heavy atom. The number of rotatable bonds is 3. The molecule has 2 aromatic rings. The van der Waals surface area contributed by atoms with E-state index in [0.717, 1.165) is 6.07 Å². The lowest BCUT2D eigenvalue weighted by Crippen LogP contribution is -2.09. The lowest BCUT2D eigenvalue weighted by molar-refractivity contribution is 0.103. The minimum absolute atomic E-state index is 0.0984. The van der Waals surface area contributed by atoms with Crippen LogP contribution in [0.3, 0.4) is 0 Å². The number of carbonyl (C=O) groups is 1. The van der Waals surface area contributed by atoms with E-state index in [0.29, 0.717) is 5.56 Å². The number of carbonyl (C=O) groups excluding carboxylic acids is 1. The standard InChI is InChI=1S/C13H10O4S/c14-13(10-6-2-1-3-7-10)11-8-4-5-9-12(11)18(15,16)17/h1-9H,(H,15,16,17)/p-1. The number of ketones is 1. The third kappa shape index (κ3) is 2.47. The van der Waals surface area contributed by atoms with Gasteiger partial charge in [-0.2, -0.15) is 0 Å². The molecule has 0 amide bonds. The van der Waals surface area contributed by atoms with Crippen LogP contribution in [0.5, 0.6) is 0 Å². The summed E-state index contributed by atoms with van der Waals surface area (Å²) in [6, 6.07) is 13.6. The highest BCUT2D eigenvalue weighted by molar-refractivity contribution is 7.85. The molecule has 0 aliphatic heterocycles. The fourth-order valence-corrected chi connectivity index (χ4v) is 2.29. The predicted molar refractivity (Wildman–Crippen MR) is 64.3 cm³/mol. The largest absolute Gasteiger partial charge is 0.744 e. The van der Waals surface area contributed by atoms with E-state index >= 15 is 0 Å². The Balaban J connectivity index is 2.57. The summed E-state index contributed by atoms with van der Waals surface area (Å²) in [5.74, 6) is -0.481. The quantitative estimate of drug-likeness (QED) is 0.624. The molecule has 2 rings (SSSR count). The Bertz CT molecular complexity index is 675. The van der Waals surface area contributed by atoms with Crippen LogP contribution in [-0.4, -0.2) is 18.8 Å². The van der Waals surface area contributed by atoms with Crippen LogP contribution in [-0.2, 0) is 10.1 Å². The van der Waals surface area contributed by atoms with E-state index < -0.39 is 20.8 Å². The van der Waals surface area contributed by atoms with Crippen molar-refractivity contribution in [1.29, 1.82) is 0 Å². The Labute approximate surface area is 105 Å². The lowest BCUT2D eigenvalue weighted by Gasteiger charge is -2.11. The van der Waals surface area contributed by atoms with Crippen molar-refractivity contribution in [2.45, 2.75) is 4.90 Å². The highest BCUT2D eigenvalue weighted by atomic mass is 32.2. The van der Waals surface area contributed by atoms with E-state index in [4.69, 9.17) is 0 Å². The zero-order valence-electron chi connectivity index (χ0n) is 9.24. The summed E-state index contributed by atoms with van der Waals surface area (Å²) >= 11 is 0. The van der Waals surface area contributed by atoms with E-state index in [1.807, 2.05) is 0 Å². The summed E-state index contributed by atoms with van der Waals surface area (Å²) in [7, 11) is -4.66. The van der Waals surface area contributed by atoms with E-state index in [-0.39, 0.29) is 5.56 Å². The topological polar surface area (TPSA) is 74.3 Å². The molecule has 0 fully saturated rings. The van der Waals surface area contributed by atoms with Crippen molar-refractivity contribution in [3.63, 3.8) is 0 Å². The van der Waals surface area contributed by atoms with Gasteiger partial charge in [0.05, 0.1) is 4.90 Å². The summed E-state index contributed by atoms with van der Waals surface area (Å²) in [4.78, 5) is 11.6. The van der Waals surface area contributed by atoms with Gasteiger partial charge in [-0.15, -0.1) is 0 Å². The van der Waals surface area contributed by atoms with Crippen LogP contribution in [0.2, 0.25) is 0 Å². The molecule has 0 aromatic heterocycles. The van der Waals surface area contributed by atoms with Gasteiger partial charge in [0.2, 0.25) is 0 Å². The maximum absolute atomic E-state index is 12.1. The fraction of sp³-hybridized carbons (Fsp3) is 0. The molecule has 0 bridgehead atoms.